The fourth-order valence-electron chi connectivity index (χ4n) is 3.33. The van der Waals surface area contributed by atoms with Gasteiger partial charge in [0.05, 0.1) is 41.8 Å². The maximum Gasteiger partial charge on any atom is 0.282 e. The van der Waals surface area contributed by atoms with Gasteiger partial charge in [0.1, 0.15) is 0 Å². The van der Waals surface area contributed by atoms with Crippen LogP contribution in [0, 0.1) is 6.92 Å². The van der Waals surface area contributed by atoms with Crippen molar-refractivity contribution in [2.45, 2.75) is 24.8 Å². The highest BCUT2D eigenvalue weighted by atomic mass is 35.5. The third-order valence-electron chi connectivity index (χ3n) is 5.22. The van der Waals surface area contributed by atoms with E-state index in [4.69, 9.17) is 23.2 Å². The van der Waals surface area contributed by atoms with Gasteiger partial charge in [-0.1, -0.05) is 40.9 Å². The van der Waals surface area contributed by atoms with Gasteiger partial charge in [-0.3, -0.25) is 4.79 Å². The first-order valence-corrected chi connectivity index (χ1v) is 11.6. The second-order valence-corrected chi connectivity index (χ2v) is 9.99. The molecule has 0 radical (unpaired) electrons. The summed E-state index contributed by atoms with van der Waals surface area (Å²) in [6.45, 7) is 5.56. The van der Waals surface area contributed by atoms with Crippen molar-refractivity contribution in [3.8, 4) is 0 Å². The van der Waals surface area contributed by atoms with E-state index >= 15 is 0 Å². The Morgan fingerprint density at radius 2 is 1.72 bits per heavy atom. The van der Waals surface area contributed by atoms with E-state index in [0.29, 0.717) is 46.8 Å². The molecule has 1 amide bonds. The van der Waals surface area contributed by atoms with Gasteiger partial charge in [-0.2, -0.15) is 4.31 Å². The van der Waals surface area contributed by atoms with Crippen LogP contribution in [0.2, 0.25) is 10.0 Å². The summed E-state index contributed by atoms with van der Waals surface area (Å²) in [5.74, 6) is -0.181. The van der Waals surface area contributed by atoms with E-state index < -0.39 is 10.0 Å². The Labute approximate surface area is 181 Å². The van der Waals surface area contributed by atoms with E-state index in [2.05, 4.69) is 5.32 Å². The van der Waals surface area contributed by atoms with Crippen LogP contribution in [0.3, 0.4) is 0 Å². The van der Waals surface area contributed by atoms with E-state index in [1.165, 1.54) is 4.31 Å². The summed E-state index contributed by atoms with van der Waals surface area (Å²) in [5.41, 5.74) is 1.48. The van der Waals surface area contributed by atoms with Crippen molar-refractivity contribution in [3.05, 3.63) is 58.1 Å². The van der Waals surface area contributed by atoms with Crippen LogP contribution < -0.4 is 10.2 Å². The molecule has 3 rings (SSSR count). The Kier molecular flexibility index (Phi) is 6.86. The summed E-state index contributed by atoms with van der Waals surface area (Å²) in [7, 11) is -3.52. The average molecular weight is 457 g/mol. The standard InChI is InChI=1S/C20H23Cl2N3O3S/c1-14-3-6-17(7-4-14)29(27,28)25-11-9-24(10-12-25)15(2)20(26)23-19-13-16(21)5-8-18(19)22/h3-8,13,15H,9-12H2,1-2H3,(H,23,26)/p+1/t15-/m1/s1. The molecule has 156 valence electrons. The van der Waals surface area contributed by atoms with Gasteiger partial charge in [0, 0.05) is 5.02 Å². The predicted octanol–water partition coefficient (Wildman–Crippen LogP) is 2.22. The molecule has 1 heterocycles. The van der Waals surface area contributed by atoms with Gasteiger partial charge in [0.15, 0.2) is 6.04 Å². The lowest BCUT2D eigenvalue weighted by molar-refractivity contribution is -0.917. The zero-order valence-corrected chi connectivity index (χ0v) is 18.6. The molecule has 0 saturated carbocycles. The molecule has 0 aromatic heterocycles. The van der Waals surface area contributed by atoms with Crippen molar-refractivity contribution in [1.82, 2.24) is 4.31 Å². The molecule has 0 bridgehead atoms. The van der Waals surface area contributed by atoms with E-state index in [-0.39, 0.29) is 11.9 Å². The lowest BCUT2D eigenvalue weighted by Gasteiger charge is -2.34. The van der Waals surface area contributed by atoms with Crippen LogP contribution in [-0.2, 0) is 14.8 Å². The molecular formula is C20H24Cl2N3O3S+. The third kappa shape index (κ3) is 5.10. The van der Waals surface area contributed by atoms with Crippen molar-refractivity contribution in [3.63, 3.8) is 0 Å². The molecule has 29 heavy (non-hydrogen) atoms. The molecule has 1 aliphatic rings. The molecule has 6 nitrogen and oxygen atoms in total. The van der Waals surface area contributed by atoms with Gasteiger partial charge in [0.2, 0.25) is 10.0 Å². The van der Waals surface area contributed by atoms with Gasteiger partial charge in [-0.25, -0.2) is 8.42 Å². The predicted molar refractivity (Wildman–Crippen MR) is 115 cm³/mol. The number of quaternary nitrogens is 1. The van der Waals surface area contributed by atoms with E-state index in [0.717, 1.165) is 10.5 Å². The van der Waals surface area contributed by atoms with Crippen molar-refractivity contribution in [1.29, 1.82) is 0 Å². The second kappa shape index (κ2) is 9.02. The summed E-state index contributed by atoms with van der Waals surface area (Å²) in [5, 5.41) is 3.71. The van der Waals surface area contributed by atoms with Crippen molar-refractivity contribution < 1.29 is 18.1 Å². The first kappa shape index (κ1) is 22.1. The highest BCUT2D eigenvalue weighted by Crippen LogP contribution is 2.25. The molecule has 2 aromatic carbocycles. The number of piperazine rings is 1. The molecule has 2 aromatic rings. The Balaban J connectivity index is 1.61. The average Bonchev–Trinajstić information content (AvgIpc) is 2.70. The van der Waals surface area contributed by atoms with E-state index in [1.807, 2.05) is 13.8 Å². The van der Waals surface area contributed by atoms with Crippen LogP contribution in [0.15, 0.2) is 47.4 Å². The summed E-state index contributed by atoms with van der Waals surface area (Å²) in [6.07, 6.45) is 0. The minimum atomic E-state index is -3.52. The molecule has 0 aliphatic carbocycles. The molecule has 1 fully saturated rings. The lowest BCUT2D eigenvalue weighted by atomic mass is 10.2. The summed E-state index contributed by atoms with van der Waals surface area (Å²) < 4.78 is 27.1. The number of hydrogen-bond acceptors (Lipinski definition) is 3. The normalized spacial score (nSPS) is 17.1. The zero-order valence-electron chi connectivity index (χ0n) is 16.3. The number of sulfonamides is 1. The van der Waals surface area contributed by atoms with Crippen LogP contribution in [0.5, 0.6) is 0 Å². The minimum Gasteiger partial charge on any atom is -0.323 e. The molecule has 9 heteroatoms. The first-order valence-electron chi connectivity index (χ1n) is 9.36. The SMILES string of the molecule is Cc1ccc(S(=O)(=O)N2CC[NH+]([C@H](C)C(=O)Nc3cc(Cl)ccc3Cl)CC2)cc1. The number of halogens is 2. The minimum absolute atomic E-state index is 0.181. The summed E-state index contributed by atoms with van der Waals surface area (Å²) >= 11 is 12.1. The maximum absolute atomic E-state index is 12.8. The van der Waals surface area contributed by atoms with E-state index in [9.17, 15) is 13.2 Å². The first-order chi connectivity index (χ1) is 13.7. The second-order valence-electron chi connectivity index (χ2n) is 7.21. The number of nitrogens with one attached hydrogen (secondary N) is 2. The molecule has 0 unspecified atom stereocenters. The summed E-state index contributed by atoms with van der Waals surface area (Å²) in [4.78, 5) is 14.0. The number of anilines is 1. The molecule has 2 N–H and O–H groups in total. The molecule has 0 spiro atoms. The number of aryl methyl sites for hydroxylation is 1. The number of amides is 1. The zero-order chi connectivity index (χ0) is 21.2. The maximum atomic E-state index is 12.8. The van der Waals surface area contributed by atoms with Crippen LogP contribution >= 0.6 is 23.2 Å². The van der Waals surface area contributed by atoms with Gasteiger partial charge in [-0.15, -0.1) is 0 Å². The van der Waals surface area contributed by atoms with Crippen molar-refractivity contribution in [2.24, 2.45) is 0 Å². The topological polar surface area (TPSA) is 70.9 Å². The number of benzene rings is 2. The molecule has 1 aliphatic heterocycles. The monoisotopic (exact) mass is 456 g/mol. The smallest absolute Gasteiger partial charge is 0.282 e. The van der Waals surface area contributed by atoms with Crippen LogP contribution in [0.1, 0.15) is 12.5 Å². The number of carbonyl (C=O) groups is 1. The quantitative estimate of drug-likeness (QED) is 0.724. The Morgan fingerprint density at radius 1 is 1.10 bits per heavy atom. The lowest BCUT2D eigenvalue weighted by Crippen LogP contribution is -3.19. The number of nitrogens with zero attached hydrogens (tertiary/aromatic N) is 1. The van der Waals surface area contributed by atoms with Crippen LogP contribution in [0.4, 0.5) is 5.69 Å². The molecular weight excluding hydrogens is 433 g/mol. The van der Waals surface area contributed by atoms with Crippen molar-refractivity contribution >= 4 is 44.8 Å². The highest BCUT2D eigenvalue weighted by molar-refractivity contribution is 7.89. The van der Waals surface area contributed by atoms with Gasteiger partial charge in [-0.05, 0) is 44.2 Å². The van der Waals surface area contributed by atoms with Gasteiger partial charge >= 0.3 is 0 Å². The number of hydrogen-bond donors (Lipinski definition) is 2. The Hall–Kier alpha value is -1.64. The van der Waals surface area contributed by atoms with E-state index in [1.54, 1.807) is 42.5 Å². The fraction of sp³-hybridized carbons (Fsp3) is 0.350. The Bertz CT molecular complexity index is 989. The van der Waals surface area contributed by atoms with Crippen molar-refractivity contribution in [2.75, 3.05) is 31.5 Å². The third-order valence-corrected chi connectivity index (χ3v) is 7.69. The van der Waals surface area contributed by atoms with Crippen LogP contribution in [0.25, 0.3) is 0 Å². The molecule has 1 atom stereocenters. The largest absolute Gasteiger partial charge is 0.323 e. The summed E-state index contributed by atoms with van der Waals surface area (Å²) in [6, 6.07) is 11.4. The molecule has 1 saturated heterocycles. The number of carbonyl (C=O) groups excluding carboxylic acids is 1. The Morgan fingerprint density at radius 3 is 2.34 bits per heavy atom. The highest BCUT2D eigenvalue weighted by Gasteiger charge is 2.34. The van der Waals surface area contributed by atoms with Crippen LogP contribution in [-0.4, -0.2) is 50.9 Å². The fourth-order valence-corrected chi connectivity index (χ4v) is 5.10. The van der Waals surface area contributed by atoms with Gasteiger partial charge < -0.3 is 10.2 Å². The number of rotatable bonds is 5. The van der Waals surface area contributed by atoms with Gasteiger partial charge in [0.25, 0.3) is 5.91 Å².